The maximum atomic E-state index is 12.5. The summed E-state index contributed by atoms with van der Waals surface area (Å²) in [4.78, 5) is 12.5. The average Bonchev–Trinajstić information content (AvgIpc) is 3.00. The van der Waals surface area contributed by atoms with E-state index in [1.54, 1.807) is 7.11 Å². The molecule has 5 nitrogen and oxygen atoms in total. The quantitative estimate of drug-likeness (QED) is 0.876. The second-order valence-corrected chi connectivity index (χ2v) is 6.39. The van der Waals surface area contributed by atoms with Crippen molar-refractivity contribution in [1.29, 1.82) is 0 Å². The van der Waals surface area contributed by atoms with E-state index in [1.165, 1.54) is 25.7 Å². The van der Waals surface area contributed by atoms with Gasteiger partial charge >= 0.3 is 0 Å². The van der Waals surface area contributed by atoms with Gasteiger partial charge in [-0.15, -0.1) is 0 Å². The number of hydrogen-bond donors (Lipinski definition) is 2. The molecule has 3 atom stereocenters. The van der Waals surface area contributed by atoms with Gasteiger partial charge in [0.1, 0.15) is 0 Å². The van der Waals surface area contributed by atoms with Gasteiger partial charge in [0.25, 0.3) is 0 Å². The van der Waals surface area contributed by atoms with Crippen molar-refractivity contribution in [2.24, 2.45) is 5.92 Å². The maximum Gasteiger partial charge on any atom is 0.241 e. The molecule has 1 aromatic rings. The number of methoxy groups -OCH3 is 1. The van der Waals surface area contributed by atoms with Crippen LogP contribution in [0.5, 0.6) is 11.5 Å². The molecular formula is C18H26N2O3. The smallest absolute Gasteiger partial charge is 0.241 e. The minimum atomic E-state index is -0.0827. The first-order valence-corrected chi connectivity index (χ1v) is 8.59. The third-order valence-corrected chi connectivity index (χ3v) is 4.91. The number of ether oxygens (including phenoxy) is 2. The zero-order chi connectivity index (χ0) is 16.2. The molecule has 5 heteroatoms. The molecule has 2 aliphatic rings. The lowest BCUT2D eigenvalue weighted by Crippen LogP contribution is -2.39. The van der Waals surface area contributed by atoms with Crippen LogP contribution in [0.2, 0.25) is 0 Å². The molecule has 1 aliphatic carbocycles. The summed E-state index contributed by atoms with van der Waals surface area (Å²) in [5, 5.41) is 6.51. The molecule has 126 valence electrons. The van der Waals surface area contributed by atoms with Crippen LogP contribution in [0.4, 0.5) is 5.69 Å². The Labute approximate surface area is 137 Å². The van der Waals surface area contributed by atoms with E-state index in [0.717, 1.165) is 12.1 Å². The summed E-state index contributed by atoms with van der Waals surface area (Å²) in [5.74, 6) is 2.04. The Bertz CT molecular complexity index is 547. The van der Waals surface area contributed by atoms with Crippen molar-refractivity contribution in [2.45, 2.75) is 51.1 Å². The molecule has 0 bridgehead atoms. The van der Waals surface area contributed by atoms with E-state index in [2.05, 4.69) is 10.6 Å². The summed E-state index contributed by atoms with van der Waals surface area (Å²) >= 11 is 0. The number of anilines is 1. The second-order valence-electron chi connectivity index (χ2n) is 6.39. The summed E-state index contributed by atoms with van der Waals surface area (Å²) in [7, 11) is 1.60. The predicted molar refractivity (Wildman–Crippen MR) is 90.1 cm³/mol. The van der Waals surface area contributed by atoms with E-state index in [4.69, 9.17) is 9.47 Å². The highest BCUT2D eigenvalue weighted by Crippen LogP contribution is 2.34. The lowest BCUT2D eigenvalue weighted by atomic mass is 9.85. The van der Waals surface area contributed by atoms with Gasteiger partial charge in [0.2, 0.25) is 5.91 Å². The molecular weight excluding hydrogens is 292 g/mol. The molecule has 0 radical (unpaired) electrons. The highest BCUT2D eigenvalue weighted by molar-refractivity contribution is 5.95. The normalized spacial score (nSPS) is 26.4. The van der Waals surface area contributed by atoms with Crippen LogP contribution in [0.15, 0.2) is 18.2 Å². The first kappa shape index (κ1) is 16.1. The van der Waals surface area contributed by atoms with Gasteiger partial charge in [0.05, 0.1) is 19.8 Å². The number of carbonyl (C=O) groups excluding carboxylic acids is 1. The Hall–Kier alpha value is -1.75. The molecule has 1 heterocycles. The fourth-order valence-electron chi connectivity index (χ4n) is 3.77. The molecule has 1 saturated heterocycles. The molecule has 1 amide bonds. The average molecular weight is 318 g/mol. The number of hydrogen-bond acceptors (Lipinski definition) is 4. The van der Waals surface area contributed by atoms with E-state index in [0.29, 0.717) is 30.1 Å². The van der Waals surface area contributed by atoms with E-state index >= 15 is 0 Å². The van der Waals surface area contributed by atoms with Crippen LogP contribution in [-0.4, -0.2) is 31.7 Å². The van der Waals surface area contributed by atoms with Crippen LogP contribution in [-0.2, 0) is 4.79 Å². The molecule has 23 heavy (non-hydrogen) atoms. The lowest BCUT2D eigenvalue weighted by molar-refractivity contribution is -0.117. The Balaban J connectivity index is 1.63. The minimum Gasteiger partial charge on any atom is -0.493 e. The second kappa shape index (κ2) is 7.21. The summed E-state index contributed by atoms with van der Waals surface area (Å²) < 4.78 is 10.8. The fourth-order valence-corrected chi connectivity index (χ4v) is 3.77. The third kappa shape index (κ3) is 3.61. The molecule has 1 aromatic carbocycles. The number of nitrogens with one attached hydrogen (secondary N) is 2. The Morgan fingerprint density at radius 2 is 2.13 bits per heavy atom. The fraction of sp³-hybridized carbons (Fsp3) is 0.611. The van der Waals surface area contributed by atoms with Crippen molar-refractivity contribution in [3.63, 3.8) is 0 Å². The van der Waals surface area contributed by atoms with Crippen LogP contribution in [0.3, 0.4) is 0 Å². The van der Waals surface area contributed by atoms with Crippen LogP contribution >= 0.6 is 0 Å². The summed E-state index contributed by atoms with van der Waals surface area (Å²) in [6, 6.07) is 5.94. The Morgan fingerprint density at radius 3 is 2.87 bits per heavy atom. The first-order valence-electron chi connectivity index (χ1n) is 8.59. The van der Waals surface area contributed by atoms with Gasteiger partial charge in [-0.1, -0.05) is 12.8 Å². The molecule has 3 unspecified atom stereocenters. The molecule has 2 fully saturated rings. The van der Waals surface area contributed by atoms with Gasteiger partial charge in [-0.05, 0) is 44.2 Å². The third-order valence-electron chi connectivity index (χ3n) is 4.91. The highest BCUT2D eigenvalue weighted by Gasteiger charge is 2.38. The van der Waals surface area contributed by atoms with Crippen molar-refractivity contribution in [2.75, 3.05) is 19.0 Å². The van der Waals surface area contributed by atoms with E-state index in [-0.39, 0.29) is 11.9 Å². The number of amides is 1. The van der Waals surface area contributed by atoms with Gasteiger partial charge < -0.3 is 20.1 Å². The molecule has 0 aromatic heterocycles. The van der Waals surface area contributed by atoms with Crippen molar-refractivity contribution in [3.8, 4) is 11.5 Å². The topological polar surface area (TPSA) is 59.6 Å². The molecule has 1 aliphatic heterocycles. The Kier molecular flexibility index (Phi) is 5.06. The van der Waals surface area contributed by atoms with Crippen LogP contribution in [0.25, 0.3) is 0 Å². The highest BCUT2D eigenvalue weighted by atomic mass is 16.5. The summed E-state index contributed by atoms with van der Waals surface area (Å²) in [6.07, 6.45) is 5.97. The SMILES string of the molecule is CCOc1ccc(NC(=O)C2CC3CCCCC3N2)cc1OC. The largest absolute Gasteiger partial charge is 0.493 e. The van der Waals surface area contributed by atoms with E-state index in [9.17, 15) is 4.79 Å². The van der Waals surface area contributed by atoms with Crippen molar-refractivity contribution < 1.29 is 14.3 Å². The van der Waals surface area contributed by atoms with Gasteiger partial charge in [-0.3, -0.25) is 4.79 Å². The van der Waals surface area contributed by atoms with Crippen LogP contribution < -0.4 is 20.1 Å². The standard InChI is InChI=1S/C18H26N2O3/c1-3-23-16-9-8-13(11-17(16)22-2)19-18(21)15-10-12-6-4-5-7-14(12)20-15/h8-9,11-12,14-15,20H,3-7,10H2,1-2H3,(H,19,21). The molecule has 2 N–H and O–H groups in total. The van der Waals surface area contributed by atoms with E-state index < -0.39 is 0 Å². The summed E-state index contributed by atoms with van der Waals surface area (Å²) in [5.41, 5.74) is 0.743. The van der Waals surface area contributed by atoms with Crippen molar-refractivity contribution in [1.82, 2.24) is 5.32 Å². The van der Waals surface area contributed by atoms with E-state index in [1.807, 2.05) is 25.1 Å². The van der Waals surface area contributed by atoms with Crippen molar-refractivity contribution in [3.05, 3.63) is 18.2 Å². The zero-order valence-electron chi connectivity index (χ0n) is 13.9. The van der Waals surface area contributed by atoms with Gasteiger partial charge in [-0.25, -0.2) is 0 Å². The molecule has 3 rings (SSSR count). The van der Waals surface area contributed by atoms with Crippen LogP contribution in [0, 0.1) is 5.92 Å². The molecule has 1 saturated carbocycles. The predicted octanol–water partition coefficient (Wildman–Crippen LogP) is 2.95. The maximum absolute atomic E-state index is 12.5. The zero-order valence-corrected chi connectivity index (χ0v) is 13.9. The van der Waals surface area contributed by atoms with Gasteiger partial charge in [0.15, 0.2) is 11.5 Å². The monoisotopic (exact) mass is 318 g/mol. The minimum absolute atomic E-state index is 0.0469. The van der Waals surface area contributed by atoms with Gasteiger partial charge in [-0.2, -0.15) is 0 Å². The summed E-state index contributed by atoms with van der Waals surface area (Å²) in [6.45, 7) is 2.51. The number of carbonyl (C=O) groups is 1. The number of fused-ring (bicyclic) bond motifs is 1. The van der Waals surface area contributed by atoms with Crippen LogP contribution in [0.1, 0.15) is 39.0 Å². The number of benzene rings is 1. The first-order chi connectivity index (χ1) is 11.2. The number of rotatable bonds is 5. The van der Waals surface area contributed by atoms with Crippen molar-refractivity contribution >= 4 is 11.6 Å². The lowest BCUT2D eigenvalue weighted by Gasteiger charge is -2.24. The molecule has 0 spiro atoms. The Morgan fingerprint density at radius 1 is 1.30 bits per heavy atom. The van der Waals surface area contributed by atoms with Gasteiger partial charge in [0, 0.05) is 17.8 Å².